The quantitative estimate of drug-likeness (QED) is 0.573. The van der Waals surface area contributed by atoms with Crippen molar-refractivity contribution in [3.63, 3.8) is 0 Å². The van der Waals surface area contributed by atoms with Crippen LogP contribution in [-0.4, -0.2) is 0 Å². The zero-order valence-electron chi connectivity index (χ0n) is 9.51. The molecule has 0 heterocycles. The Kier molecular flexibility index (Phi) is 4.49. The Morgan fingerprint density at radius 1 is 1.36 bits per heavy atom. The standard InChI is InChI=1S/C14H20/c1-4-6-13(3)11-14-8-5-7-12(2)9-10-14/h5,8-10,13H,4,6,11H2,1-3H3. The second kappa shape index (κ2) is 5.67. The molecule has 1 unspecified atom stereocenters. The minimum atomic E-state index is 0.794. The highest BCUT2D eigenvalue weighted by atomic mass is 14.1. The van der Waals surface area contributed by atoms with E-state index in [0.717, 1.165) is 5.92 Å². The van der Waals surface area contributed by atoms with E-state index in [9.17, 15) is 0 Å². The van der Waals surface area contributed by atoms with E-state index in [4.69, 9.17) is 0 Å². The number of allylic oxidation sites excluding steroid dienone is 5. The van der Waals surface area contributed by atoms with Crippen LogP contribution in [0.3, 0.4) is 0 Å². The number of hydrogen-bond acceptors (Lipinski definition) is 0. The van der Waals surface area contributed by atoms with Crippen molar-refractivity contribution >= 4 is 0 Å². The fourth-order valence-corrected chi connectivity index (χ4v) is 1.75. The zero-order valence-corrected chi connectivity index (χ0v) is 9.51. The molecule has 1 atom stereocenters. The highest BCUT2D eigenvalue weighted by Gasteiger charge is 2.02. The molecule has 0 radical (unpaired) electrons. The van der Waals surface area contributed by atoms with Gasteiger partial charge < -0.3 is 0 Å². The summed E-state index contributed by atoms with van der Waals surface area (Å²) in [5.41, 5.74) is 5.84. The molecule has 0 saturated heterocycles. The maximum absolute atomic E-state index is 3.21. The van der Waals surface area contributed by atoms with Crippen LogP contribution >= 0.6 is 0 Å². The predicted molar refractivity (Wildman–Crippen MR) is 63.2 cm³/mol. The molecule has 0 bridgehead atoms. The molecule has 0 nitrogen and oxygen atoms in total. The third kappa shape index (κ3) is 3.81. The minimum absolute atomic E-state index is 0.794. The van der Waals surface area contributed by atoms with Crippen molar-refractivity contribution < 1.29 is 0 Å². The van der Waals surface area contributed by atoms with Gasteiger partial charge in [0.25, 0.3) is 0 Å². The molecule has 0 aromatic rings. The molecule has 1 rings (SSSR count). The Hall–Kier alpha value is -1.00. The van der Waals surface area contributed by atoms with Crippen LogP contribution < -0.4 is 0 Å². The van der Waals surface area contributed by atoms with Crippen LogP contribution in [0.2, 0.25) is 0 Å². The molecule has 1 aliphatic carbocycles. The van der Waals surface area contributed by atoms with E-state index in [2.05, 4.69) is 44.7 Å². The molecule has 14 heavy (non-hydrogen) atoms. The molecule has 0 spiro atoms. The summed E-state index contributed by atoms with van der Waals surface area (Å²) in [6.07, 6.45) is 12.4. The smallest absolute Gasteiger partial charge is 0.00913 e. The van der Waals surface area contributed by atoms with Crippen LogP contribution in [0, 0.1) is 5.92 Å². The van der Waals surface area contributed by atoms with Crippen molar-refractivity contribution in [2.75, 3.05) is 0 Å². The van der Waals surface area contributed by atoms with Gasteiger partial charge in [-0.05, 0) is 36.5 Å². The molecular weight excluding hydrogens is 168 g/mol. The van der Waals surface area contributed by atoms with E-state index in [1.54, 1.807) is 0 Å². The molecule has 0 fully saturated rings. The van der Waals surface area contributed by atoms with Gasteiger partial charge >= 0.3 is 0 Å². The lowest BCUT2D eigenvalue weighted by atomic mass is 9.96. The Morgan fingerprint density at radius 2 is 2.14 bits per heavy atom. The lowest BCUT2D eigenvalue weighted by Gasteiger charge is -2.09. The first-order valence-electron chi connectivity index (χ1n) is 5.53. The van der Waals surface area contributed by atoms with E-state index < -0.39 is 0 Å². The van der Waals surface area contributed by atoms with Gasteiger partial charge in [-0.1, -0.05) is 44.9 Å². The Bertz CT molecular complexity index is 296. The van der Waals surface area contributed by atoms with Crippen molar-refractivity contribution in [3.8, 4) is 0 Å². The molecule has 0 aromatic carbocycles. The summed E-state index contributed by atoms with van der Waals surface area (Å²) in [7, 11) is 0. The maximum Gasteiger partial charge on any atom is -0.00913 e. The van der Waals surface area contributed by atoms with Crippen LogP contribution in [0.25, 0.3) is 0 Å². The van der Waals surface area contributed by atoms with E-state index in [1.807, 2.05) is 6.08 Å². The number of hydrogen-bond donors (Lipinski definition) is 0. The molecule has 0 N–H and O–H groups in total. The van der Waals surface area contributed by atoms with Gasteiger partial charge in [0.05, 0.1) is 0 Å². The highest BCUT2D eigenvalue weighted by Crippen LogP contribution is 2.18. The average molecular weight is 188 g/mol. The minimum Gasteiger partial charge on any atom is -0.118 e. The maximum atomic E-state index is 3.21. The molecule has 0 heteroatoms. The van der Waals surface area contributed by atoms with Crippen LogP contribution in [0.5, 0.6) is 0 Å². The number of rotatable bonds is 4. The predicted octanol–water partition coefficient (Wildman–Crippen LogP) is 4.41. The van der Waals surface area contributed by atoms with Crippen LogP contribution in [0.4, 0.5) is 0 Å². The highest BCUT2D eigenvalue weighted by molar-refractivity contribution is 5.33. The molecular formula is C14H20. The molecule has 0 amide bonds. The molecule has 0 aliphatic heterocycles. The third-order valence-electron chi connectivity index (χ3n) is 2.52. The van der Waals surface area contributed by atoms with Crippen LogP contribution in [0.15, 0.2) is 41.2 Å². The average Bonchev–Trinajstić information content (AvgIpc) is 2.32. The lowest BCUT2D eigenvalue weighted by Crippen LogP contribution is -1.94. The van der Waals surface area contributed by atoms with Gasteiger partial charge in [0.2, 0.25) is 0 Å². The first-order chi connectivity index (χ1) is 6.72. The van der Waals surface area contributed by atoms with Gasteiger partial charge in [0, 0.05) is 0 Å². The summed E-state index contributed by atoms with van der Waals surface area (Å²) in [6, 6.07) is 0. The van der Waals surface area contributed by atoms with Crippen molar-refractivity contribution in [1.82, 2.24) is 0 Å². The third-order valence-corrected chi connectivity index (χ3v) is 2.52. The fraction of sp³-hybridized carbons (Fsp3) is 0.500. The first-order valence-corrected chi connectivity index (χ1v) is 5.53. The molecule has 0 saturated carbocycles. The summed E-state index contributed by atoms with van der Waals surface area (Å²) < 4.78 is 0. The SMILES string of the molecule is CCCC(C)CC1=CC=C=C(C)C=C1. The van der Waals surface area contributed by atoms with Crippen molar-refractivity contribution in [2.24, 2.45) is 5.92 Å². The Labute approximate surface area is 87.7 Å². The summed E-state index contributed by atoms with van der Waals surface area (Å²) >= 11 is 0. The van der Waals surface area contributed by atoms with E-state index in [-0.39, 0.29) is 0 Å². The van der Waals surface area contributed by atoms with Crippen LogP contribution in [0.1, 0.15) is 40.0 Å². The fourth-order valence-electron chi connectivity index (χ4n) is 1.75. The van der Waals surface area contributed by atoms with Gasteiger partial charge in [0.1, 0.15) is 0 Å². The van der Waals surface area contributed by atoms with Gasteiger partial charge in [-0.25, -0.2) is 0 Å². The Morgan fingerprint density at radius 3 is 2.86 bits per heavy atom. The monoisotopic (exact) mass is 188 g/mol. The van der Waals surface area contributed by atoms with Gasteiger partial charge in [-0.2, -0.15) is 0 Å². The second-order valence-electron chi connectivity index (χ2n) is 4.17. The Balaban J connectivity index is 2.52. The van der Waals surface area contributed by atoms with Gasteiger partial charge in [0.15, 0.2) is 0 Å². The van der Waals surface area contributed by atoms with Crippen LogP contribution in [-0.2, 0) is 0 Å². The zero-order chi connectivity index (χ0) is 10.4. The molecule has 1 aliphatic rings. The first kappa shape index (κ1) is 11.1. The molecule has 0 aromatic heterocycles. The van der Waals surface area contributed by atoms with Crippen molar-refractivity contribution in [1.29, 1.82) is 0 Å². The summed E-state index contributed by atoms with van der Waals surface area (Å²) in [5, 5.41) is 0. The second-order valence-corrected chi connectivity index (χ2v) is 4.17. The van der Waals surface area contributed by atoms with Gasteiger partial charge in [-0.15, -0.1) is 5.73 Å². The summed E-state index contributed by atoms with van der Waals surface area (Å²) in [4.78, 5) is 0. The summed E-state index contributed by atoms with van der Waals surface area (Å²) in [6.45, 7) is 6.66. The normalized spacial score (nSPS) is 17.4. The topological polar surface area (TPSA) is 0 Å². The van der Waals surface area contributed by atoms with E-state index in [0.29, 0.717) is 0 Å². The van der Waals surface area contributed by atoms with E-state index in [1.165, 1.54) is 30.4 Å². The van der Waals surface area contributed by atoms with Gasteiger partial charge in [-0.3, -0.25) is 0 Å². The van der Waals surface area contributed by atoms with E-state index >= 15 is 0 Å². The summed E-state index contributed by atoms with van der Waals surface area (Å²) in [5.74, 6) is 0.794. The van der Waals surface area contributed by atoms with Crippen molar-refractivity contribution in [2.45, 2.75) is 40.0 Å². The lowest BCUT2D eigenvalue weighted by molar-refractivity contribution is 0.524. The van der Waals surface area contributed by atoms with Crippen molar-refractivity contribution in [3.05, 3.63) is 41.2 Å². The molecule has 76 valence electrons. The largest absolute Gasteiger partial charge is 0.118 e.